The largest absolute Gasteiger partial charge is 0.397 e. The van der Waals surface area contributed by atoms with Crippen LogP contribution >= 0.6 is 0 Å². The highest BCUT2D eigenvalue weighted by atomic mass is 16.5. The molecule has 2 aromatic rings. The molecule has 0 aliphatic heterocycles. The molecule has 1 heterocycles. The van der Waals surface area contributed by atoms with Crippen LogP contribution in [-0.4, -0.2) is 11.1 Å². The summed E-state index contributed by atoms with van der Waals surface area (Å²) in [6.45, 7) is 5.69. The minimum atomic E-state index is -0.356. The van der Waals surface area contributed by atoms with Crippen LogP contribution in [0, 0.1) is 20.8 Å². The van der Waals surface area contributed by atoms with Gasteiger partial charge in [-0.15, -0.1) is 0 Å². The van der Waals surface area contributed by atoms with Gasteiger partial charge < -0.3 is 15.6 Å². The molecule has 1 aromatic heterocycles. The van der Waals surface area contributed by atoms with E-state index < -0.39 is 0 Å². The van der Waals surface area contributed by atoms with Crippen molar-refractivity contribution < 1.29 is 9.32 Å². The van der Waals surface area contributed by atoms with E-state index in [1.807, 2.05) is 26.0 Å². The summed E-state index contributed by atoms with van der Waals surface area (Å²) in [5.41, 5.74) is 9.78. The van der Waals surface area contributed by atoms with Crippen molar-refractivity contribution in [3.8, 4) is 0 Å². The predicted octanol–water partition coefficient (Wildman–Crippen LogP) is 2.43. The van der Waals surface area contributed by atoms with Crippen molar-refractivity contribution in [1.82, 2.24) is 5.16 Å². The zero-order valence-electron chi connectivity index (χ0n) is 10.6. The van der Waals surface area contributed by atoms with Crippen LogP contribution < -0.4 is 11.1 Å². The normalized spacial score (nSPS) is 10.4. The summed E-state index contributed by atoms with van der Waals surface area (Å²) in [7, 11) is 0. The van der Waals surface area contributed by atoms with Crippen LogP contribution in [0.2, 0.25) is 0 Å². The first-order chi connectivity index (χ1) is 8.47. The van der Waals surface area contributed by atoms with Gasteiger partial charge in [-0.05, 0) is 44.0 Å². The fourth-order valence-corrected chi connectivity index (χ4v) is 1.60. The van der Waals surface area contributed by atoms with E-state index in [0.717, 1.165) is 11.1 Å². The first-order valence-electron chi connectivity index (χ1n) is 5.59. The number of nitrogen functional groups attached to an aromatic ring is 1. The zero-order valence-corrected chi connectivity index (χ0v) is 10.6. The third-order valence-corrected chi connectivity index (χ3v) is 2.77. The second kappa shape index (κ2) is 4.52. The quantitative estimate of drug-likeness (QED) is 0.796. The molecule has 3 N–H and O–H groups in total. The van der Waals surface area contributed by atoms with Crippen molar-refractivity contribution in [3.05, 3.63) is 40.8 Å². The Morgan fingerprint density at radius 2 is 1.89 bits per heavy atom. The minimum Gasteiger partial charge on any atom is -0.397 e. The lowest BCUT2D eigenvalue weighted by atomic mass is 10.1. The summed E-state index contributed by atoms with van der Waals surface area (Å²) < 4.78 is 4.89. The number of hydrogen-bond donors (Lipinski definition) is 2. The van der Waals surface area contributed by atoms with Crippen molar-refractivity contribution in [2.75, 3.05) is 11.1 Å². The number of aromatic nitrogens is 1. The maximum atomic E-state index is 11.9. The fraction of sp³-hybridized carbons (Fsp3) is 0.231. The van der Waals surface area contributed by atoms with Crippen molar-refractivity contribution in [2.24, 2.45) is 0 Å². The van der Waals surface area contributed by atoms with Gasteiger partial charge in [-0.3, -0.25) is 4.79 Å². The van der Waals surface area contributed by atoms with Crippen molar-refractivity contribution >= 4 is 17.3 Å². The van der Waals surface area contributed by atoms with Gasteiger partial charge in [0.15, 0.2) is 0 Å². The van der Waals surface area contributed by atoms with Gasteiger partial charge >= 0.3 is 0 Å². The van der Waals surface area contributed by atoms with Crippen LogP contribution in [0.25, 0.3) is 0 Å². The van der Waals surface area contributed by atoms with Gasteiger partial charge in [0.05, 0.1) is 17.1 Å². The van der Waals surface area contributed by atoms with Crippen LogP contribution in [0.4, 0.5) is 11.4 Å². The number of nitrogens with two attached hydrogens (primary N) is 1. The van der Waals surface area contributed by atoms with Gasteiger partial charge in [0.1, 0.15) is 0 Å². The Morgan fingerprint density at radius 3 is 2.50 bits per heavy atom. The zero-order chi connectivity index (χ0) is 13.3. The van der Waals surface area contributed by atoms with E-state index in [9.17, 15) is 4.79 Å². The van der Waals surface area contributed by atoms with Gasteiger partial charge in [0, 0.05) is 6.07 Å². The third-order valence-electron chi connectivity index (χ3n) is 2.77. The number of anilines is 2. The molecule has 2 rings (SSSR count). The van der Waals surface area contributed by atoms with Crippen molar-refractivity contribution in [1.29, 1.82) is 0 Å². The molecule has 0 fully saturated rings. The molecule has 0 aliphatic carbocycles. The maximum absolute atomic E-state index is 11.9. The van der Waals surface area contributed by atoms with E-state index in [1.165, 1.54) is 0 Å². The Labute approximate surface area is 105 Å². The van der Waals surface area contributed by atoms with Gasteiger partial charge in [-0.1, -0.05) is 5.16 Å². The Morgan fingerprint density at radius 1 is 1.22 bits per heavy atom. The van der Waals surface area contributed by atoms with Crippen LogP contribution in [0.1, 0.15) is 27.4 Å². The van der Waals surface area contributed by atoms with Gasteiger partial charge in [0.25, 0.3) is 5.91 Å². The lowest BCUT2D eigenvalue weighted by molar-refractivity contribution is 0.0988. The molecule has 0 atom stereocenters. The highest BCUT2D eigenvalue weighted by molar-refractivity contribution is 6.04. The molecular formula is C13H15N3O2. The monoisotopic (exact) mass is 245 g/mol. The SMILES string of the molecule is Cc1cc(C(=O)Nc2cc(C)c(C)cc2N)on1. The average Bonchev–Trinajstić information content (AvgIpc) is 2.73. The number of carbonyl (C=O) groups is 1. The maximum Gasteiger partial charge on any atom is 0.294 e. The van der Waals surface area contributed by atoms with E-state index in [2.05, 4.69) is 10.5 Å². The summed E-state index contributed by atoms with van der Waals surface area (Å²) in [5.74, 6) is -0.185. The molecule has 1 aromatic carbocycles. The summed E-state index contributed by atoms with van der Waals surface area (Å²) in [6, 6.07) is 5.24. The molecule has 18 heavy (non-hydrogen) atoms. The van der Waals surface area contributed by atoms with Gasteiger partial charge in [-0.2, -0.15) is 0 Å². The molecule has 1 amide bonds. The standard InChI is InChI=1S/C13H15N3O2/c1-7-4-10(14)11(5-8(7)2)15-13(17)12-6-9(3)16-18-12/h4-6H,14H2,1-3H3,(H,15,17). The third kappa shape index (κ3) is 2.34. The number of nitrogens with zero attached hydrogens (tertiary/aromatic N) is 1. The summed E-state index contributed by atoms with van der Waals surface area (Å²) in [6.07, 6.45) is 0. The van der Waals surface area contributed by atoms with Crippen LogP contribution in [0.3, 0.4) is 0 Å². The lowest BCUT2D eigenvalue weighted by Crippen LogP contribution is -2.12. The number of nitrogens with one attached hydrogen (secondary N) is 1. The second-order valence-corrected chi connectivity index (χ2v) is 4.31. The Kier molecular flexibility index (Phi) is 3.06. The molecule has 0 spiro atoms. The molecule has 0 radical (unpaired) electrons. The summed E-state index contributed by atoms with van der Waals surface area (Å²) >= 11 is 0. The molecule has 5 heteroatoms. The molecular weight excluding hydrogens is 230 g/mol. The van der Waals surface area contributed by atoms with E-state index >= 15 is 0 Å². The van der Waals surface area contributed by atoms with E-state index in [1.54, 1.807) is 13.0 Å². The van der Waals surface area contributed by atoms with Crippen LogP contribution in [-0.2, 0) is 0 Å². The van der Waals surface area contributed by atoms with Crippen LogP contribution in [0.5, 0.6) is 0 Å². The summed E-state index contributed by atoms with van der Waals surface area (Å²) in [4.78, 5) is 11.9. The Bertz CT molecular complexity index is 602. The molecule has 94 valence electrons. The minimum absolute atomic E-state index is 0.171. The van der Waals surface area contributed by atoms with E-state index in [-0.39, 0.29) is 11.7 Å². The lowest BCUT2D eigenvalue weighted by Gasteiger charge is -2.09. The molecule has 5 nitrogen and oxygen atoms in total. The topological polar surface area (TPSA) is 81.2 Å². The number of hydrogen-bond acceptors (Lipinski definition) is 4. The van der Waals surface area contributed by atoms with E-state index in [0.29, 0.717) is 17.1 Å². The number of carbonyl (C=O) groups excluding carboxylic acids is 1. The van der Waals surface area contributed by atoms with Crippen LogP contribution in [0.15, 0.2) is 22.7 Å². The van der Waals surface area contributed by atoms with Gasteiger partial charge in [0.2, 0.25) is 5.76 Å². The highest BCUT2D eigenvalue weighted by Gasteiger charge is 2.13. The Balaban J connectivity index is 2.24. The second-order valence-electron chi connectivity index (χ2n) is 4.31. The molecule has 0 unspecified atom stereocenters. The molecule has 0 bridgehead atoms. The number of rotatable bonds is 2. The molecule has 0 saturated carbocycles. The van der Waals surface area contributed by atoms with Crippen molar-refractivity contribution in [2.45, 2.75) is 20.8 Å². The smallest absolute Gasteiger partial charge is 0.294 e. The predicted molar refractivity (Wildman–Crippen MR) is 69.5 cm³/mol. The van der Waals surface area contributed by atoms with Gasteiger partial charge in [-0.25, -0.2) is 0 Å². The van der Waals surface area contributed by atoms with Crippen molar-refractivity contribution in [3.63, 3.8) is 0 Å². The van der Waals surface area contributed by atoms with E-state index in [4.69, 9.17) is 10.3 Å². The molecule has 0 saturated heterocycles. The first-order valence-corrected chi connectivity index (χ1v) is 5.59. The Hall–Kier alpha value is -2.30. The fourth-order valence-electron chi connectivity index (χ4n) is 1.60. The number of benzene rings is 1. The first kappa shape index (κ1) is 12.2. The number of aryl methyl sites for hydroxylation is 3. The average molecular weight is 245 g/mol. The highest BCUT2D eigenvalue weighted by Crippen LogP contribution is 2.23. The molecule has 0 aliphatic rings. The number of amides is 1. The summed E-state index contributed by atoms with van der Waals surface area (Å²) in [5, 5.41) is 6.38.